The van der Waals surface area contributed by atoms with Gasteiger partial charge in [-0.25, -0.2) is 10.8 Å². The van der Waals surface area contributed by atoms with Gasteiger partial charge in [-0.15, -0.1) is 0 Å². The quantitative estimate of drug-likeness (QED) is 0.518. The van der Waals surface area contributed by atoms with Crippen LogP contribution in [-0.2, 0) is 6.42 Å². The average molecular weight is 257 g/mol. The Hall–Kier alpha value is -2.09. The van der Waals surface area contributed by atoms with Crippen molar-refractivity contribution in [3.8, 4) is 17.3 Å². The Morgan fingerprint density at radius 3 is 2.89 bits per heavy atom. The lowest BCUT2D eigenvalue weighted by molar-refractivity contribution is 1.18. The minimum Gasteiger partial charge on any atom is -0.307 e. The van der Waals surface area contributed by atoms with Crippen LogP contribution in [0.4, 0.5) is 5.82 Å². The maximum Gasteiger partial charge on any atom is 0.158 e. The van der Waals surface area contributed by atoms with E-state index in [1.165, 1.54) is 0 Å². The molecular formula is C13H9ClN4. The third kappa shape index (κ3) is 1.53. The Labute approximate surface area is 109 Å². The van der Waals surface area contributed by atoms with Crippen molar-refractivity contribution in [2.45, 2.75) is 6.42 Å². The van der Waals surface area contributed by atoms with Gasteiger partial charge in [-0.1, -0.05) is 17.7 Å². The fourth-order valence-corrected chi connectivity index (χ4v) is 2.46. The fraction of sp³-hybridized carbons (Fsp3) is 0.0769. The second kappa shape index (κ2) is 3.98. The Morgan fingerprint density at radius 1 is 1.33 bits per heavy atom. The third-order valence-corrected chi connectivity index (χ3v) is 3.30. The summed E-state index contributed by atoms with van der Waals surface area (Å²) in [5.74, 6) is 5.78. The molecule has 2 aromatic rings. The van der Waals surface area contributed by atoms with Crippen LogP contribution in [0, 0.1) is 11.3 Å². The Balaban J connectivity index is 2.22. The van der Waals surface area contributed by atoms with E-state index in [9.17, 15) is 0 Å². The number of nitrogen functional groups attached to an aromatic ring is 1. The second-order valence-corrected chi connectivity index (χ2v) is 4.56. The van der Waals surface area contributed by atoms with E-state index in [2.05, 4.69) is 16.5 Å². The summed E-state index contributed by atoms with van der Waals surface area (Å²) in [5.41, 5.74) is 6.99. The van der Waals surface area contributed by atoms with Crippen LogP contribution in [0.3, 0.4) is 0 Å². The first-order valence-corrected chi connectivity index (χ1v) is 5.80. The number of pyridine rings is 1. The first kappa shape index (κ1) is 11.0. The van der Waals surface area contributed by atoms with Crippen LogP contribution in [0.1, 0.15) is 16.7 Å². The van der Waals surface area contributed by atoms with Crippen LogP contribution >= 0.6 is 11.6 Å². The number of nitrogens with two attached hydrogens (primary N) is 1. The normalized spacial score (nSPS) is 11.6. The minimum absolute atomic E-state index is 0.402. The summed E-state index contributed by atoms with van der Waals surface area (Å²) in [6.45, 7) is 0. The lowest BCUT2D eigenvalue weighted by atomic mass is 10.1. The predicted molar refractivity (Wildman–Crippen MR) is 70.0 cm³/mol. The molecule has 1 aromatic heterocycles. The van der Waals surface area contributed by atoms with Crippen LogP contribution in [0.25, 0.3) is 11.3 Å². The minimum atomic E-state index is 0.402. The maximum atomic E-state index is 9.04. The lowest BCUT2D eigenvalue weighted by Gasteiger charge is -2.06. The van der Waals surface area contributed by atoms with Gasteiger partial charge in [0.1, 0.15) is 6.07 Å². The molecule has 3 N–H and O–H groups in total. The molecule has 88 valence electrons. The van der Waals surface area contributed by atoms with E-state index in [0.717, 1.165) is 28.8 Å². The molecule has 0 bridgehead atoms. The van der Waals surface area contributed by atoms with Crippen molar-refractivity contribution in [2.75, 3.05) is 5.43 Å². The first-order valence-electron chi connectivity index (χ1n) is 5.42. The van der Waals surface area contributed by atoms with Crippen molar-refractivity contribution >= 4 is 17.4 Å². The number of rotatable bonds is 1. The highest BCUT2D eigenvalue weighted by molar-refractivity contribution is 6.30. The van der Waals surface area contributed by atoms with Gasteiger partial charge in [0.05, 0.1) is 11.3 Å². The third-order valence-electron chi connectivity index (χ3n) is 3.06. The molecule has 1 aromatic carbocycles. The molecule has 1 aliphatic carbocycles. The van der Waals surface area contributed by atoms with Gasteiger partial charge in [-0.2, -0.15) is 5.26 Å². The van der Waals surface area contributed by atoms with E-state index in [1.807, 2.05) is 24.3 Å². The molecular weight excluding hydrogens is 248 g/mol. The van der Waals surface area contributed by atoms with Gasteiger partial charge in [-0.3, -0.25) is 0 Å². The van der Waals surface area contributed by atoms with E-state index >= 15 is 0 Å². The van der Waals surface area contributed by atoms with Crippen molar-refractivity contribution in [1.82, 2.24) is 4.98 Å². The summed E-state index contributed by atoms with van der Waals surface area (Å²) in [5, 5.41) is 9.74. The standard InChI is InChI=1S/C13H9ClN4/c14-10-1-2-11-7(5-10)3-8-4-9(6-15)13(18-16)17-12(8)11/h1-2,4-5H,3,16H2,(H,17,18). The van der Waals surface area contributed by atoms with Crippen LogP contribution < -0.4 is 11.3 Å². The maximum absolute atomic E-state index is 9.04. The number of benzene rings is 1. The zero-order valence-corrected chi connectivity index (χ0v) is 10.1. The van der Waals surface area contributed by atoms with E-state index in [4.69, 9.17) is 22.7 Å². The van der Waals surface area contributed by atoms with Crippen LogP contribution in [0.15, 0.2) is 24.3 Å². The molecule has 3 rings (SSSR count). The van der Waals surface area contributed by atoms with Gasteiger partial charge in [-0.05, 0) is 29.3 Å². The summed E-state index contributed by atoms with van der Waals surface area (Å²) >= 11 is 5.98. The van der Waals surface area contributed by atoms with E-state index in [-0.39, 0.29) is 0 Å². The first-order chi connectivity index (χ1) is 8.72. The van der Waals surface area contributed by atoms with Gasteiger partial charge in [0.15, 0.2) is 5.82 Å². The topological polar surface area (TPSA) is 74.7 Å². The molecule has 0 radical (unpaired) electrons. The Kier molecular flexibility index (Phi) is 2.44. The van der Waals surface area contributed by atoms with Crippen LogP contribution in [0.5, 0.6) is 0 Å². The summed E-state index contributed by atoms with van der Waals surface area (Å²) in [6, 6.07) is 9.62. The molecule has 4 nitrogen and oxygen atoms in total. The number of nitrogens with one attached hydrogen (secondary N) is 1. The van der Waals surface area contributed by atoms with E-state index < -0.39 is 0 Å². The lowest BCUT2D eigenvalue weighted by Crippen LogP contribution is -2.11. The second-order valence-electron chi connectivity index (χ2n) is 4.13. The van der Waals surface area contributed by atoms with Crippen molar-refractivity contribution in [2.24, 2.45) is 5.84 Å². The number of hydrogen-bond acceptors (Lipinski definition) is 4. The van der Waals surface area contributed by atoms with Gasteiger partial charge in [0.2, 0.25) is 0 Å². The van der Waals surface area contributed by atoms with Crippen molar-refractivity contribution < 1.29 is 0 Å². The molecule has 1 aliphatic rings. The molecule has 0 saturated heterocycles. The number of fused-ring (bicyclic) bond motifs is 3. The Morgan fingerprint density at radius 2 is 2.17 bits per heavy atom. The van der Waals surface area contributed by atoms with Gasteiger partial charge in [0, 0.05) is 17.0 Å². The molecule has 0 saturated carbocycles. The van der Waals surface area contributed by atoms with Gasteiger partial charge >= 0.3 is 0 Å². The number of hydrazine groups is 1. The molecule has 0 amide bonds. The highest BCUT2D eigenvalue weighted by Crippen LogP contribution is 2.38. The van der Waals surface area contributed by atoms with Crippen LogP contribution in [-0.4, -0.2) is 4.98 Å². The Bertz CT molecular complexity index is 688. The zero-order chi connectivity index (χ0) is 12.7. The van der Waals surface area contributed by atoms with Gasteiger partial charge < -0.3 is 5.43 Å². The number of anilines is 1. The van der Waals surface area contributed by atoms with E-state index in [1.54, 1.807) is 0 Å². The highest BCUT2D eigenvalue weighted by atomic mass is 35.5. The molecule has 1 heterocycles. The predicted octanol–water partition coefficient (Wildman–Crippen LogP) is 2.46. The zero-order valence-electron chi connectivity index (χ0n) is 9.37. The number of halogens is 1. The van der Waals surface area contributed by atoms with Crippen molar-refractivity contribution in [3.63, 3.8) is 0 Å². The molecule has 0 atom stereocenters. The van der Waals surface area contributed by atoms with Crippen molar-refractivity contribution in [1.29, 1.82) is 5.26 Å². The molecule has 5 heteroatoms. The summed E-state index contributed by atoms with van der Waals surface area (Å²) in [6.07, 6.45) is 0.748. The SMILES string of the molecule is N#Cc1cc2c(nc1NN)-c1ccc(Cl)cc1C2. The smallest absolute Gasteiger partial charge is 0.158 e. The summed E-state index contributed by atoms with van der Waals surface area (Å²) in [7, 11) is 0. The number of nitriles is 1. The average Bonchev–Trinajstić information content (AvgIpc) is 2.73. The number of nitrogens with zero attached hydrogens (tertiary/aromatic N) is 2. The van der Waals surface area contributed by atoms with Crippen LogP contribution in [0.2, 0.25) is 5.02 Å². The fourth-order valence-electron chi connectivity index (χ4n) is 2.26. The highest BCUT2D eigenvalue weighted by Gasteiger charge is 2.22. The molecule has 0 spiro atoms. The summed E-state index contributed by atoms with van der Waals surface area (Å²) in [4.78, 5) is 4.41. The largest absolute Gasteiger partial charge is 0.307 e. The molecule has 18 heavy (non-hydrogen) atoms. The molecule has 0 fully saturated rings. The number of hydrogen-bond donors (Lipinski definition) is 2. The monoisotopic (exact) mass is 256 g/mol. The molecule has 0 aliphatic heterocycles. The number of aromatic nitrogens is 1. The van der Waals surface area contributed by atoms with E-state index in [0.29, 0.717) is 16.4 Å². The van der Waals surface area contributed by atoms with Crippen molar-refractivity contribution in [3.05, 3.63) is 46.0 Å². The molecule has 0 unspecified atom stereocenters. The summed E-state index contributed by atoms with van der Waals surface area (Å²) < 4.78 is 0. The van der Waals surface area contributed by atoms with Gasteiger partial charge in [0.25, 0.3) is 0 Å².